The average Bonchev–Trinajstić information content (AvgIpc) is 2.29. The molecule has 0 saturated carbocycles. The highest BCUT2D eigenvalue weighted by Crippen LogP contribution is 2.13. The van der Waals surface area contributed by atoms with Crippen LogP contribution in [-0.2, 0) is 6.42 Å². The molecule has 1 N–H and O–H groups in total. The van der Waals surface area contributed by atoms with E-state index in [0.717, 1.165) is 31.9 Å². The van der Waals surface area contributed by atoms with E-state index >= 15 is 0 Å². The van der Waals surface area contributed by atoms with Crippen molar-refractivity contribution in [3.05, 3.63) is 35.4 Å². The van der Waals surface area contributed by atoms with Crippen LogP contribution in [-0.4, -0.2) is 12.6 Å². The lowest BCUT2D eigenvalue weighted by Gasteiger charge is -2.18. The molecule has 0 aromatic heterocycles. The van der Waals surface area contributed by atoms with Crippen molar-refractivity contribution in [1.82, 2.24) is 5.32 Å². The fourth-order valence-corrected chi connectivity index (χ4v) is 1.93. The Labute approximate surface area is 102 Å². The zero-order chi connectivity index (χ0) is 12.7. The first-order valence-electron chi connectivity index (χ1n) is 6.34. The van der Waals surface area contributed by atoms with Crippen LogP contribution < -0.4 is 5.32 Å². The normalized spacial score (nSPS) is 12.7. The van der Waals surface area contributed by atoms with Crippen LogP contribution in [0.4, 0.5) is 8.78 Å². The van der Waals surface area contributed by atoms with E-state index in [4.69, 9.17) is 0 Å². The molecule has 0 bridgehead atoms. The van der Waals surface area contributed by atoms with Crippen molar-refractivity contribution in [2.75, 3.05) is 6.54 Å². The van der Waals surface area contributed by atoms with Gasteiger partial charge in [-0.2, -0.15) is 0 Å². The molecule has 0 fully saturated rings. The van der Waals surface area contributed by atoms with Gasteiger partial charge in [-0.1, -0.05) is 26.3 Å². The second-order valence-corrected chi connectivity index (χ2v) is 4.38. The lowest BCUT2D eigenvalue weighted by Crippen LogP contribution is -2.31. The van der Waals surface area contributed by atoms with Crippen LogP contribution in [0.15, 0.2) is 18.2 Å². The Kier molecular flexibility index (Phi) is 6.12. The van der Waals surface area contributed by atoms with E-state index in [9.17, 15) is 8.78 Å². The van der Waals surface area contributed by atoms with Crippen molar-refractivity contribution in [2.45, 2.75) is 45.6 Å². The Morgan fingerprint density at radius 2 is 1.94 bits per heavy atom. The number of rotatable bonds is 7. The van der Waals surface area contributed by atoms with Gasteiger partial charge < -0.3 is 5.32 Å². The molecule has 1 nitrogen and oxygen atoms in total. The Morgan fingerprint density at radius 3 is 2.53 bits per heavy atom. The van der Waals surface area contributed by atoms with Crippen LogP contribution in [0.5, 0.6) is 0 Å². The molecule has 1 unspecified atom stereocenters. The van der Waals surface area contributed by atoms with Gasteiger partial charge in [-0.15, -0.1) is 0 Å². The molecule has 17 heavy (non-hydrogen) atoms. The summed E-state index contributed by atoms with van der Waals surface area (Å²) in [5, 5.41) is 3.40. The topological polar surface area (TPSA) is 12.0 Å². The lowest BCUT2D eigenvalue weighted by atomic mass is 10.0. The molecule has 0 spiro atoms. The van der Waals surface area contributed by atoms with Gasteiger partial charge in [-0.05, 0) is 37.4 Å². The van der Waals surface area contributed by atoms with Crippen molar-refractivity contribution < 1.29 is 8.78 Å². The van der Waals surface area contributed by atoms with Gasteiger partial charge in [-0.3, -0.25) is 0 Å². The fourth-order valence-electron chi connectivity index (χ4n) is 1.93. The summed E-state index contributed by atoms with van der Waals surface area (Å²) in [6.07, 6.45) is 3.76. The zero-order valence-electron chi connectivity index (χ0n) is 10.6. The van der Waals surface area contributed by atoms with Crippen molar-refractivity contribution >= 4 is 0 Å². The van der Waals surface area contributed by atoms with E-state index in [2.05, 4.69) is 19.2 Å². The lowest BCUT2D eigenvalue weighted by molar-refractivity contribution is 0.462. The largest absolute Gasteiger partial charge is 0.314 e. The van der Waals surface area contributed by atoms with Crippen LogP contribution in [0.3, 0.4) is 0 Å². The van der Waals surface area contributed by atoms with Gasteiger partial charge in [0.05, 0.1) is 0 Å². The van der Waals surface area contributed by atoms with Crippen molar-refractivity contribution in [3.63, 3.8) is 0 Å². The van der Waals surface area contributed by atoms with Gasteiger partial charge in [0.25, 0.3) is 0 Å². The first kappa shape index (κ1) is 14.1. The molecule has 3 heteroatoms. The number of benzene rings is 1. The quantitative estimate of drug-likeness (QED) is 0.768. The molecule has 0 aliphatic rings. The zero-order valence-corrected chi connectivity index (χ0v) is 10.6. The summed E-state index contributed by atoms with van der Waals surface area (Å²) in [6, 6.07) is 4.10. The summed E-state index contributed by atoms with van der Waals surface area (Å²) in [5.74, 6) is -0.954. The fraction of sp³-hybridized carbons (Fsp3) is 0.571. The van der Waals surface area contributed by atoms with Crippen LogP contribution in [0.2, 0.25) is 0 Å². The van der Waals surface area contributed by atoms with Crippen LogP contribution in [0, 0.1) is 11.6 Å². The number of halogens is 2. The Morgan fingerprint density at radius 1 is 1.18 bits per heavy atom. The molecule has 1 rings (SSSR count). The Bertz CT molecular complexity index is 339. The molecule has 0 aliphatic heterocycles. The van der Waals surface area contributed by atoms with E-state index < -0.39 is 11.6 Å². The SMILES string of the molecule is CCCNC(CCC)Cc1ccc(F)cc1F. The van der Waals surface area contributed by atoms with Crippen LogP contribution in [0.1, 0.15) is 38.7 Å². The third-order valence-corrected chi connectivity index (χ3v) is 2.80. The maximum atomic E-state index is 13.5. The standard InChI is InChI=1S/C14H21F2N/c1-3-5-13(17-8-4-2)9-11-6-7-12(15)10-14(11)16/h6-7,10,13,17H,3-5,8-9H2,1-2H3. The third-order valence-electron chi connectivity index (χ3n) is 2.80. The van der Waals surface area contributed by atoms with Crippen molar-refractivity contribution in [3.8, 4) is 0 Å². The van der Waals surface area contributed by atoms with E-state index in [1.165, 1.54) is 6.07 Å². The Hall–Kier alpha value is -0.960. The molecule has 0 radical (unpaired) electrons. The summed E-state index contributed by atoms with van der Waals surface area (Å²) in [6.45, 7) is 5.16. The minimum absolute atomic E-state index is 0.278. The minimum Gasteiger partial charge on any atom is -0.314 e. The van der Waals surface area contributed by atoms with E-state index in [0.29, 0.717) is 12.0 Å². The molecule has 1 aromatic rings. The molecule has 1 aromatic carbocycles. The predicted octanol–water partition coefficient (Wildman–Crippen LogP) is 3.68. The first-order chi connectivity index (χ1) is 8.17. The number of hydrogen-bond donors (Lipinski definition) is 1. The van der Waals surface area contributed by atoms with Crippen LogP contribution in [0.25, 0.3) is 0 Å². The van der Waals surface area contributed by atoms with Gasteiger partial charge in [0.1, 0.15) is 11.6 Å². The molecule has 96 valence electrons. The molecule has 0 amide bonds. The summed E-state index contributed by atoms with van der Waals surface area (Å²) >= 11 is 0. The molecule has 0 aliphatic carbocycles. The number of nitrogens with one attached hydrogen (secondary N) is 1. The highest BCUT2D eigenvalue weighted by Gasteiger charge is 2.11. The maximum Gasteiger partial charge on any atom is 0.129 e. The number of hydrogen-bond acceptors (Lipinski definition) is 1. The highest BCUT2D eigenvalue weighted by molar-refractivity contribution is 5.19. The average molecular weight is 241 g/mol. The maximum absolute atomic E-state index is 13.5. The second-order valence-electron chi connectivity index (χ2n) is 4.38. The van der Waals surface area contributed by atoms with Gasteiger partial charge in [0, 0.05) is 12.1 Å². The minimum atomic E-state index is -0.514. The predicted molar refractivity (Wildman–Crippen MR) is 67.1 cm³/mol. The molecule has 0 saturated heterocycles. The molecular weight excluding hydrogens is 220 g/mol. The first-order valence-corrected chi connectivity index (χ1v) is 6.34. The van der Waals surface area contributed by atoms with Gasteiger partial charge in [-0.25, -0.2) is 8.78 Å². The molecular formula is C14H21F2N. The van der Waals surface area contributed by atoms with Gasteiger partial charge >= 0.3 is 0 Å². The van der Waals surface area contributed by atoms with Crippen LogP contribution >= 0.6 is 0 Å². The summed E-state index contributed by atoms with van der Waals surface area (Å²) in [4.78, 5) is 0. The summed E-state index contributed by atoms with van der Waals surface area (Å²) in [5.41, 5.74) is 0.591. The smallest absolute Gasteiger partial charge is 0.129 e. The van der Waals surface area contributed by atoms with Gasteiger partial charge in [0.15, 0.2) is 0 Å². The van der Waals surface area contributed by atoms with Crippen molar-refractivity contribution in [1.29, 1.82) is 0 Å². The van der Waals surface area contributed by atoms with E-state index in [-0.39, 0.29) is 6.04 Å². The molecule has 0 heterocycles. The molecule has 1 atom stereocenters. The van der Waals surface area contributed by atoms with Gasteiger partial charge in [0.2, 0.25) is 0 Å². The van der Waals surface area contributed by atoms with E-state index in [1.807, 2.05) is 0 Å². The summed E-state index contributed by atoms with van der Waals surface area (Å²) in [7, 11) is 0. The van der Waals surface area contributed by atoms with E-state index in [1.54, 1.807) is 6.07 Å². The third kappa shape index (κ3) is 4.82. The van der Waals surface area contributed by atoms with Crippen molar-refractivity contribution in [2.24, 2.45) is 0 Å². The second kappa shape index (κ2) is 7.38. The highest BCUT2D eigenvalue weighted by atomic mass is 19.1. The summed E-state index contributed by atoms with van der Waals surface area (Å²) < 4.78 is 26.3. The monoisotopic (exact) mass is 241 g/mol. The Balaban J connectivity index is 2.64.